The summed E-state index contributed by atoms with van der Waals surface area (Å²) in [6.07, 6.45) is 1.76. The highest BCUT2D eigenvalue weighted by molar-refractivity contribution is 5.97. The van der Waals surface area contributed by atoms with Crippen LogP contribution < -0.4 is 10.6 Å². The third-order valence-electron chi connectivity index (χ3n) is 3.59. The van der Waals surface area contributed by atoms with Crippen LogP contribution in [0.4, 0.5) is 0 Å². The molecule has 1 fully saturated rings. The van der Waals surface area contributed by atoms with Gasteiger partial charge in [0.2, 0.25) is 11.8 Å². The van der Waals surface area contributed by atoms with E-state index >= 15 is 0 Å². The van der Waals surface area contributed by atoms with Crippen molar-refractivity contribution in [3.63, 3.8) is 0 Å². The van der Waals surface area contributed by atoms with Crippen molar-refractivity contribution < 1.29 is 9.59 Å². The van der Waals surface area contributed by atoms with Crippen LogP contribution in [0.2, 0.25) is 0 Å². The van der Waals surface area contributed by atoms with Crippen molar-refractivity contribution in [1.29, 1.82) is 0 Å². The first kappa shape index (κ1) is 13.0. The SMILES string of the molecule is CC[C@@H](C)C1NC(=O)C([C@@H](C)CC)NC1=O. The molecule has 0 aromatic rings. The normalized spacial score (nSPS) is 29.2. The molecule has 0 bridgehead atoms. The Labute approximate surface area is 97.2 Å². The summed E-state index contributed by atoms with van der Waals surface area (Å²) in [5.74, 6) is 0.280. The molecule has 4 nitrogen and oxygen atoms in total. The topological polar surface area (TPSA) is 58.2 Å². The van der Waals surface area contributed by atoms with E-state index in [1.807, 2.05) is 27.7 Å². The second kappa shape index (κ2) is 5.32. The van der Waals surface area contributed by atoms with Crippen LogP contribution in [0.15, 0.2) is 0 Å². The molecule has 16 heavy (non-hydrogen) atoms. The number of nitrogens with one attached hydrogen (secondary N) is 2. The summed E-state index contributed by atoms with van der Waals surface area (Å²) in [6, 6.07) is -0.726. The average molecular weight is 226 g/mol. The van der Waals surface area contributed by atoms with Gasteiger partial charge in [0, 0.05) is 0 Å². The second-order valence-corrected chi connectivity index (χ2v) is 4.74. The summed E-state index contributed by atoms with van der Waals surface area (Å²) < 4.78 is 0. The molecular weight excluding hydrogens is 204 g/mol. The highest BCUT2D eigenvalue weighted by atomic mass is 16.2. The van der Waals surface area contributed by atoms with E-state index in [1.54, 1.807) is 0 Å². The standard InChI is InChI=1S/C12H22N2O2/c1-5-7(3)9-11(15)14-10(8(4)6-2)12(16)13-9/h7-10H,5-6H2,1-4H3,(H,13,16)(H,14,15)/t7-,8+,9?,10?. The van der Waals surface area contributed by atoms with Gasteiger partial charge in [-0.1, -0.05) is 40.5 Å². The van der Waals surface area contributed by atoms with E-state index in [-0.39, 0.29) is 35.7 Å². The molecule has 0 saturated carbocycles. The van der Waals surface area contributed by atoms with Crippen LogP contribution in [0.3, 0.4) is 0 Å². The fourth-order valence-electron chi connectivity index (χ4n) is 1.89. The Kier molecular flexibility index (Phi) is 4.33. The van der Waals surface area contributed by atoms with Crippen molar-refractivity contribution in [3.05, 3.63) is 0 Å². The summed E-state index contributed by atoms with van der Waals surface area (Å²) in [5, 5.41) is 5.66. The Morgan fingerprint density at radius 2 is 1.25 bits per heavy atom. The molecule has 0 aliphatic carbocycles. The minimum atomic E-state index is -0.363. The number of hydrogen-bond donors (Lipinski definition) is 2. The zero-order valence-electron chi connectivity index (χ0n) is 10.5. The van der Waals surface area contributed by atoms with E-state index in [0.29, 0.717) is 0 Å². The number of carbonyl (C=O) groups is 2. The van der Waals surface area contributed by atoms with E-state index < -0.39 is 0 Å². The molecule has 1 heterocycles. The number of amides is 2. The lowest BCUT2D eigenvalue weighted by molar-refractivity contribution is -0.139. The Bertz CT molecular complexity index is 250. The molecule has 1 saturated heterocycles. The van der Waals surface area contributed by atoms with Gasteiger partial charge in [0.15, 0.2) is 0 Å². The molecular formula is C12H22N2O2. The summed E-state index contributed by atoms with van der Waals surface area (Å²) in [4.78, 5) is 23.7. The molecule has 4 heteroatoms. The third-order valence-corrected chi connectivity index (χ3v) is 3.59. The molecule has 0 spiro atoms. The Hall–Kier alpha value is -1.06. The Morgan fingerprint density at radius 3 is 1.50 bits per heavy atom. The molecule has 0 aromatic carbocycles. The van der Waals surface area contributed by atoms with E-state index in [1.165, 1.54) is 0 Å². The predicted octanol–water partition coefficient (Wildman–Crippen LogP) is 1.06. The van der Waals surface area contributed by atoms with Crippen LogP contribution in [0.1, 0.15) is 40.5 Å². The molecule has 1 aliphatic rings. The first-order valence-corrected chi connectivity index (χ1v) is 6.12. The maximum atomic E-state index is 11.8. The molecule has 0 radical (unpaired) electrons. The van der Waals surface area contributed by atoms with Gasteiger partial charge in [-0.15, -0.1) is 0 Å². The quantitative estimate of drug-likeness (QED) is 0.753. The summed E-state index contributed by atoms with van der Waals surface area (Å²) >= 11 is 0. The van der Waals surface area contributed by atoms with Crippen molar-refractivity contribution in [2.24, 2.45) is 11.8 Å². The van der Waals surface area contributed by atoms with Crippen molar-refractivity contribution >= 4 is 11.8 Å². The molecule has 4 atom stereocenters. The highest BCUT2D eigenvalue weighted by Crippen LogP contribution is 2.16. The highest BCUT2D eigenvalue weighted by Gasteiger charge is 2.37. The largest absolute Gasteiger partial charge is 0.342 e. The second-order valence-electron chi connectivity index (χ2n) is 4.74. The number of rotatable bonds is 4. The maximum absolute atomic E-state index is 11.8. The summed E-state index contributed by atoms with van der Waals surface area (Å²) in [5.41, 5.74) is 0. The lowest BCUT2D eigenvalue weighted by atomic mass is 9.91. The molecule has 2 amide bonds. The van der Waals surface area contributed by atoms with Gasteiger partial charge in [0.1, 0.15) is 12.1 Å². The summed E-state index contributed by atoms with van der Waals surface area (Å²) in [7, 11) is 0. The molecule has 92 valence electrons. The van der Waals surface area contributed by atoms with Crippen LogP contribution in [0, 0.1) is 11.8 Å². The van der Waals surface area contributed by atoms with Gasteiger partial charge >= 0.3 is 0 Å². The average Bonchev–Trinajstić information content (AvgIpc) is 2.29. The van der Waals surface area contributed by atoms with E-state index in [0.717, 1.165) is 12.8 Å². The monoisotopic (exact) mass is 226 g/mol. The van der Waals surface area contributed by atoms with Crippen LogP contribution >= 0.6 is 0 Å². The Balaban J connectivity index is 2.71. The van der Waals surface area contributed by atoms with Gasteiger partial charge in [-0.25, -0.2) is 0 Å². The third kappa shape index (κ3) is 2.54. The maximum Gasteiger partial charge on any atom is 0.243 e. The molecule has 2 N–H and O–H groups in total. The van der Waals surface area contributed by atoms with Crippen LogP contribution in [-0.4, -0.2) is 23.9 Å². The Morgan fingerprint density at radius 1 is 0.938 bits per heavy atom. The number of hydrogen-bond acceptors (Lipinski definition) is 2. The van der Waals surface area contributed by atoms with Gasteiger partial charge in [0.25, 0.3) is 0 Å². The first-order chi connectivity index (χ1) is 7.51. The smallest absolute Gasteiger partial charge is 0.243 e. The lowest BCUT2D eigenvalue weighted by Crippen LogP contribution is -2.65. The molecule has 0 aromatic heterocycles. The van der Waals surface area contributed by atoms with E-state index in [2.05, 4.69) is 10.6 Å². The van der Waals surface area contributed by atoms with Crippen LogP contribution in [0.5, 0.6) is 0 Å². The van der Waals surface area contributed by atoms with Crippen LogP contribution in [0.25, 0.3) is 0 Å². The molecule has 1 aliphatic heterocycles. The lowest BCUT2D eigenvalue weighted by Gasteiger charge is -2.34. The molecule has 2 unspecified atom stereocenters. The van der Waals surface area contributed by atoms with Crippen molar-refractivity contribution in [3.8, 4) is 0 Å². The van der Waals surface area contributed by atoms with Crippen molar-refractivity contribution in [2.75, 3.05) is 0 Å². The van der Waals surface area contributed by atoms with Gasteiger partial charge in [-0.3, -0.25) is 9.59 Å². The first-order valence-electron chi connectivity index (χ1n) is 6.12. The van der Waals surface area contributed by atoms with Gasteiger partial charge in [-0.05, 0) is 11.8 Å². The minimum absolute atomic E-state index is 0.0424. The number of carbonyl (C=O) groups excluding carboxylic acids is 2. The fraction of sp³-hybridized carbons (Fsp3) is 0.833. The van der Waals surface area contributed by atoms with Gasteiger partial charge < -0.3 is 10.6 Å². The number of piperazine rings is 1. The fourth-order valence-corrected chi connectivity index (χ4v) is 1.89. The van der Waals surface area contributed by atoms with Crippen molar-refractivity contribution in [1.82, 2.24) is 10.6 Å². The summed E-state index contributed by atoms with van der Waals surface area (Å²) in [6.45, 7) is 8.00. The van der Waals surface area contributed by atoms with E-state index in [4.69, 9.17) is 0 Å². The van der Waals surface area contributed by atoms with Gasteiger partial charge in [-0.2, -0.15) is 0 Å². The molecule has 1 rings (SSSR count). The minimum Gasteiger partial charge on any atom is -0.342 e. The van der Waals surface area contributed by atoms with E-state index in [9.17, 15) is 9.59 Å². The zero-order valence-corrected chi connectivity index (χ0v) is 10.5. The van der Waals surface area contributed by atoms with Gasteiger partial charge in [0.05, 0.1) is 0 Å². The zero-order chi connectivity index (χ0) is 12.3. The van der Waals surface area contributed by atoms with Crippen LogP contribution in [-0.2, 0) is 9.59 Å². The van der Waals surface area contributed by atoms with Crippen molar-refractivity contribution in [2.45, 2.75) is 52.6 Å². The predicted molar refractivity (Wildman–Crippen MR) is 62.8 cm³/mol.